The Labute approximate surface area is 97.1 Å². The van der Waals surface area contributed by atoms with E-state index >= 15 is 0 Å². The monoisotopic (exact) mass is 237 g/mol. The van der Waals surface area contributed by atoms with Crippen LogP contribution in [0.2, 0.25) is 0 Å². The lowest BCUT2D eigenvalue weighted by Gasteiger charge is -1.97. The molecule has 0 atom stereocenters. The summed E-state index contributed by atoms with van der Waals surface area (Å²) in [7, 11) is 0. The second-order valence-electron chi connectivity index (χ2n) is 2.86. The topological polar surface area (TPSA) is 89.6 Å². The maximum Gasteiger partial charge on any atom is 0.242 e. The van der Waals surface area contributed by atoms with E-state index in [0.717, 1.165) is 5.69 Å². The number of hydrogen-bond acceptors (Lipinski definition) is 4. The van der Waals surface area contributed by atoms with E-state index in [4.69, 9.17) is 12.2 Å². The van der Waals surface area contributed by atoms with Gasteiger partial charge in [-0.05, 0) is 24.4 Å². The third-order valence-corrected chi connectivity index (χ3v) is 1.75. The number of para-hydroxylation sites is 1. The summed E-state index contributed by atoms with van der Waals surface area (Å²) in [6, 6.07) is 9.65. The summed E-state index contributed by atoms with van der Waals surface area (Å²) in [6.45, 7) is 1.31. The van der Waals surface area contributed by atoms with Crippen LogP contribution in [-0.2, 0) is 4.79 Å². The molecule has 0 unspecified atom stereocenters. The Hall–Kier alpha value is -2.02. The van der Waals surface area contributed by atoms with Gasteiger partial charge in [-0.3, -0.25) is 4.79 Å². The fourth-order valence-corrected chi connectivity index (χ4v) is 1.13. The lowest BCUT2D eigenvalue weighted by molar-refractivity contribution is -0.115. The molecule has 0 fully saturated rings. The van der Waals surface area contributed by atoms with Crippen molar-refractivity contribution in [3.8, 4) is 5.69 Å². The van der Waals surface area contributed by atoms with Crippen molar-refractivity contribution >= 4 is 18.1 Å². The number of H-pyrrole nitrogens is 1. The van der Waals surface area contributed by atoms with E-state index < -0.39 is 0 Å². The number of aromatic amines is 1. The van der Waals surface area contributed by atoms with Crippen molar-refractivity contribution < 1.29 is 4.79 Å². The molecule has 0 saturated heterocycles. The molecule has 1 aromatic carbocycles. The maximum atomic E-state index is 9.22. The molecule has 0 aliphatic carbocycles. The SMILES string of the molecule is CC(N)=O.S=c1nn[nH]n1-c1ccccc1. The average Bonchev–Trinajstić information content (AvgIpc) is 2.65. The fraction of sp³-hybridized carbons (Fsp3) is 0.111. The van der Waals surface area contributed by atoms with Gasteiger partial charge in [0.2, 0.25) is 10.7 Å². The zero-order valence-electron chi connectivity index (χ0n) is 8.62. The van der Waals surface area contributed by atoms with Crippen LogP contribution in [0, 0.1) is 4.77 Å². The standard InChI is InChI=1S/C7H6N4S.C2H5NO/c12-7-8-9-10-11(7)6-4-2-1-3-5-6;1-2(3)4/h1-5H,(H,8,10,12);1H3,(H2,3,4). The Morgan fingerprint density at radius 2 is 2.00 bits per heavy atom. The molecule has 0 aliphatic heterocycles. The summed E-state index contributed by atoms with van der Waals surface area (Å²) in [5, 5.41) is 9.92. The molecular weight excluding hydrogens is 226 g/mol. The smallest absolute Gasteiger partial charge is 0.242 e. The first-order valence-electron chi connectivity index (χ1n) is 4.43. The molecule has 16 heavy (non-hydrogen) atoms. The summed E-state index contributed by atoms with van der Waals surface area (Å²) in [6.07, 6.45) is 0. The first kappa shape index (κ1) is 12.1. The first-order chi connectivity index (χ1) is 7.61. The first-order valence-corrected chi connectivity index (χ1v) is 4.83. The molecule has 0 aliphatic rings. The van der Waals surface area contributed by atoms with Crippen molar-refractivity contribution in [2.45, 2.75) is 6.92 Å². The largest absolute Gasteiger partial charge is 0.370 e. The molecule has 1 heterocycles. The van der Waals surface area contributed by atoms with Crippen LogP contribution in [-0.4, -0.2) is 26.1 Å². The molecule has 0 saturated carbocycles. The number of amides is 1. The van der Waals surface area contributed by atoms with Crippen LogP contribution in [0.5, 0.6) is 0 Å². The van der Waals surface area contributed by atoms with Gasteiger partial charge in [-0.15, -0.1) is 0 Å². The number of benzene rings is 1. The van der Waals surface area contributed by atoms with E-state index in [2.05, 4.69) is 21.3 Å². The van der Waals surface area contributed by atoms with Crippen LogP contribution < -0.4 is 5.73 Å². The Balaban J connectivity index is 0.000000280. The molecule has 84 valence electrons. The van der Waals surface area contributed by atoms with Gasteiger partial charge in [0, 0.05) is 6.92 Å². The number of nitrogens with zero attached hydrogens (tertiary/aromatic N) is 3. The Morgan fingerprint density at radius 1 is 1.44 bits per heavy atom. The highest BCUT2D eigenvalue weighted by atomic mass is 32.1. The summed E-state index contributed by atoms with van der Waals surface area (Å²) < 4.78 is 2.07. The lowest BCUT2D eigenvalue weighted by Crippen LogP contribution is -2.01. The molecule has 6 nitrogen and oxygen atoms in total. The molecule has 1 aromatic heterocycles. The molecule has 7 heteroatoms. The van der Waals surface area contributed by atoms with Crippen LogP contribution in [0.25, 0.3) is 5.69 Å². The number of rotatable bonds is 1. The summed E-state index contributed by atoms with van der Waals surface area (Å²) in [5.74, 6) is -0.333. The average molecular weight is 237 g/mol. The Bertz CT molecular complexity index is 500. The van der Waals surface area contributed by atoms with Crippen molar-refractivity contribution in [3.05, 3.63) is 35.1 Å². The quantitative estimate of drug-likeness (QED) is 0.718. The normalized spacial score (nSPS) is 9.06. The molecular formula is C9H11N5OS. The fourth-order valence-electron chi connectivity index (χ4n) is 0.943. The number of nitrogens with one attached hydrogen (secondary N) is 1. The van der Waals surface area contributed by atoms with E-state index in [-0.39, 0.29) is 5.91 Å². The van der Waals surface area contributed by atoms with Crippen LogP contribution in [0.4, 0.5) is 0 Å². The zero-order valence-corrected chi connectivity index (χ0v) is 9.44. The van der Waals surface area contributed by atoms with Gasteiger partial charge in [-0.2, -0.15) is 5.21 Å². The van der Waals surface area contributed by atoms with Gasteiger partial charge in [-0.25, -0.2) is 4.68 Å². The van der Waals surface area contributed by atoms with E-state index in [9.17, 15) is 4.79 Å². The van der Waals surface area contributed by atoms with Gasteiger partial charge in [0.15, 0.2) is 0 Å². The van der Waals surface area contributed by atoms with E-state index in [0.29, 0.717) is 4.77 Å². The third kappa shape index (κ3) is 3.62. The molecule has 1 amide bonds. The molecule has 0 spiro atoms. The second kappa shape index (κ2) is 5.76. The third-order valence-electron chi connectivity index (χ3n) is 1.49. The molecule has 3 N–H and O–H groups in total. The van der Waals surface area contributed by atoms with Crippen LogP contribution >= 0.6 is 12.2 Å². The van der Waals surface area contributed by atoms with Gasteiger partial charge in [0.1, 0.15) is 0 Å². The predicted octanol–water partition coefficient (Wildman–Crippen LogP) is 0.816. The van der Waals surface area contributed by atoms with Gasteiger partial charge in [-0.1, -0.05) is 28.5 Å². The highest BCUT2D eigenvalue weighted by molar-refractivity contribution is 7.71. The van der Waals surface area contributed by atoms with Crippen molar-refractivity contribution in [1.29, 1.82) is 0 Å². The number of aromatic nitrogens is 4. The molecule has 2 aromatic rings. The van der Waals surface area contributed by atoms with Crippen molar-refractivity contribution in [2.75, 3.05) is 0 Å². The Kier molecular flexibility index (Phi) is 4.34. The van der Waals surface area contributed by atoms with Crippen molar-refractivity contribution in [3.63, 3.8) is 0 Å². The number of nitrogens with two attached hydrogens (primary N) is 1. The van der Waals surface area contributed by atoms with Crippen LogP contribution in [0.3, 0.4) is 0 Å². The van der Waals surface area contributed by atoms with Gasteiger partial charge in [0.25, 0.3) is 0 Å². The minimum absolute atomic E-state index is 0.333. The minimum atomic E-state index is -0.333. The minimum Gasteiger partial charge on any atom is -0.370 e. The summed E-state index contributed by atoms with van der Waals surface area (Å²) in [4.78, 5) is 9.22. The lowest BCUT2D eigenvalue weighted by atomic mass is 10.3. The highest BCUT2D eigenvalue weighted by Crippen LogP contribution is 2.03. The zero-order chi connectivity index (χ0) is 12.0. The molecule has 0 bridgehead atoms. The van der Waals surface area contributed by atoms with E-state index in [1.54, 1.807) is 4.68 Å². The number of primary amides is 1. The van der Waals surface area contributed by atoms with Crippen LogP contribution in [0.15, 0.2) is 30.3 Å². The van der Waals surface area contributed by atoms with E-state index in [1.165, 1.54) is 6.92 Å². The summed E-state index contributed by atoms with van der Waals surface area (Å²) in [5.41, 5.74) is 5.41. The summed E-state index contributed by atoms with van der Waals surface area (Å²) >= 11 is 4.93. The van der Waals surface area contributed by atoms with Crippen LogP contribution in [0.1, 0.15) is 6.92 Å². The van der Waals surface area contributed by atoms with Crippen molar-refractivity contribution in [2.24, 2.45) is 5.73 Å². The Morgan fingerprint density at radius 3 is 2.44 bits per heavy atom. The number of tetrazole rings is 1. The second-order valence-corrected chi connectivity index (χ2v) is 3.23. The number of carbonyl (C=O) groups is 1. The van der Waals surface area contributed by atoms with Crippen molar-refractivity contribution in [1.82, 2.24) is 20.2 Å². The van der Waals surface area contributed by atoms with E-state index in [1.807, 2.05) is 30.3 Å². The van der Waals surface area contributed by atoms with Gasteiger partial charge >= 0.3 is 0 Å². The van der Waals surface area contributed by atoms with Gasteiger partial charge in [0.05, 0.1) is 5.69 Å². The highest BCUT2D eigenvalue weighted by Gasteiger charge is 1.95. The number of carbonyl (C=O) groups excluding carboxylic acids is 1. The maximum absolute atomic E-state index is 9.22. The molecule has 0 radical (unpaired) electrons. The van der Waals surface area contributed by atoms with Gasteiger partial charge < -0.3 is 5.73 Å². The number of hydrogen-bond donors (Lipinski definition) is 2. The predicted molar refractivity (Wildman–Crippen MR) is 61.4 cm³/mol. The molecule has 2 rings (SSSR count).